The highest BCUT2D eigenvalue weighted by Gasteiger charge is 2.42. The van der Waals surface area contributed by atoms with Crippen LogP contribution in [0.15, 0.2) is 155 Å². The fraction of sp³-hybridized carbons (Fsp3) is 0.377. The molecule has 2 unspecified atom stereocenters. The van der Waals surface area contributed by atoms with Gasteiger partial charge in [-0.05, 0) is 104 Å². The van der Waals surface area contributed by atoms with E-state index in [1.54, 1.807) is 36.4 Å². The minimum Gasteiger partial charge on any atom is -0.497 e. The van der Waals surface area contributed by atoms with Gasteiger partial charge in [0.2, 0.25) is 31.9 Å². The van der Waals surface area contributed by atoms with Crippen LogP contribution in [0, 0.1) is 27.7 Å². The average molecular weight is 1130 g/mol. The maximum atomic E-state index is 14.1. The Balaban J connectivity index is 0.000000192. The maximum absolute atomic E-state index is 14.1. The zero-order valence-electron chi connectivity index (χ0n) is 46.0. The predicted octanol–water partition coefficient (Wildman–Crippen LogP) is 7.72. The molecule has 2 amide bonds. The van der Waals surface area contributed by atoms with E-state index in [9.17, 15) is 26.4 Å². The number of sulfonamides is 2. The first-order valence-electron chi connectivity index (χ1n) is 27.2. The number of hydrogen-bond donors (Lipinski definition) is 0. The Morgan fingerprint density at radius 2 is 0.899 bits per heavy atom. The molecule has 10 rings (SSSR count). The number of nitrogens with zero attached hydrogens (tertiary/aromatic N) is 8. The van der Waals surface area contributed by atoms with Crippen LogP contribution in [0.3, 0.4) is 0 Å². The molecule has 4 saturated heterocycles. The number of anilines is 2. The van der Waals surface area contributed by atoms with Crippen LogP contribution in [0.1, 0.15) is 33.4 Å². The van der Waals surface area contributed by atoms with E-state index in [2.05, 4.69) is 83.7 Å². The molecule has 6 aromatic rings. The number of piperazine rings is 4. The Hall–Kier alpha value is -6.31. The molecule has 2 atom stereocenters. The summed E-state index contributed by atoms with van der Waals surface area (Å²) in [6.07, 6.45) is 0. The quantitative estimate of drug-likeness (QED) is 0.113. The third-order valence-electron chi connectivity index (χ3n) is 15.6. The van der Waals surface area contributed by atoms with Crippen molar-refractivity contribution in [3.05, 3.63) is 184 Å². The summed E-state index contributed by atoms with van der Waals surface area (Å²) in [6, 6.07) is 44.7. The Labute approximate surface area is 472 Å². The Bertz CT molecular complexity index is 3300. The smallest absolute Gasteiger partial charge is 0.243 e. The third kappa shape index (κ3) is 13.7. The zero-order chi connectivity index (χ0) is 55.8. The van der Waals surface area contributed by atoms with Crippen molar-refractivity contribution in [2.45, 2.75) is 62.7 Å². The number of carbonyl (C=O) groups is 2. The molecule has 0 N–H and O–H groups in total. The lowest BCUT2D eigenvalue weighted by Crippen LogP contribution is -2.62. The van der Waals surface area contributed by atoms with Crippen LogP contribution < -0.4 is 14.5 Å². The lowest BCUT2D eigenvalue weighted by atomic mass is 10.1. The number of methoxy groups -OCH3 is 1. The van der Waals surface area contributed by atoms with Crippen LogP contribution in [-0.4, -0.2) is 168 Å². The van der Waals surface area contributed by atoms with E-state index in [1.165, 1.54) is 61.5 Å². The van der Waals surface area contributed by atoms with Crippen LogP contribution in [0.4, 0.5) is 11.4 Å². The molecule has 4 fully saturated rings. The van der Waals surface area contributed by atoms with Gasteiger partial charge in [0.1, 0.15) is 17.8 Å². The SMILES string of the molecule is COc1cccc(S(=O)(=O)N2CCN(Cc3ccccc3)C(C(=O)N3CCN(c4cc(C)ccc4C)CC3)C2)c1.Cc1ccc(C)c(N2CCN(C(=O)C3CN(S(=O)(=O)c4cccc(Cl)c4)CCN3Cc3ccccc3)CC2)c1. The molecule has 0 bridgehead atoms. The van der Waals surface area contributed by atoms with Gasteiger partial charge in [0, 0.05) is 127 Å². The number of benzene rings is 6. The van der Waals surface area contributed by atoms with Crippen LogP contribution in [0.2, 0.25) is 5.02 Å². The molecule has 4 aliphatic heterocycles. The van der Waals surface area contributed by atoms with Crippen molar-refractivity contribution in [2.75, 3.05) is 109 Å². The van der Waals surface area contributed by atoms with Gasteiger partial charge in [-0.1, -0.05) is 109 Å². The molecule has 6 aromatic carbocycles. The second kappa shape index (κ2) is 25.4. The van der Waals surface area contributed by atoms with Crippen molar-refractivity contribution in [1.82, 2.24) is 28.2 Å². The van der Waals surface area contributed by atoms with Gasteiger partial charge < -0.3 is 24.3 Å². The van der Waals surface area contributed by atoms with E-state index in [4.69, 9.17) is 16.3 Å². The van der Waals surface area contributed by atoms with Gasteiger partial charge in [-0.3, -0.25) is 19.4 Å². The summed E-state index contributed by atoms with van der Waals surface area (Å²) in [6.45, 7) is 16.8. The summed E-state index contributed by atoms with van der Waals surface area (Å²) >= 11 is 6.10. The third-order valence-corrected chi connectivity index (χ3v) is 19.6. The van der Waals surface area contributed by atoms with Crippen molar-refractivity contribution in [3.63, 3.8) is 0 Å². The van der Waals surface area contributed by atoms with Crippen molar-refractivity contribution >= 4 is 54.8 Å². The first kappa shape index (κ1) is 57.4. The molecule has 418 valence electrons. The van der Waals surface area contributed by atoms with Gasteiger partial charge in [-0.25, -0.2) is 16.8 Å². The predicted molar refractivity (Wildman–Crippen MR) is 313 cm³/mol. The van der Waals surface area contributed by atoms with E-state index >= 15 is 0 Å². The Kier molecular flexibility index (Phi) is 18.5. The molecule has 0 aliphatic carbocycles. The lowest BCUT2D eigenvalue weighted by molar-refractivity contribution is -0.140. The van der Waals surface area contributed by atoms with Crippen molar-refractivity contribution in [2.24, 2.45) is 0 Å². The number of ether oxygens (including phenoxy) is 1. The molecule has 4 heterocycles. The summed E-state index contributed by atoms with van der Waals surface area (Å²) in [5.74, 6) is 0.456. The Morgan fingerprint density at radius 1 is 0.481 bits per heavy atom. The summed E-state index contributed by atoms with van der Waals surface area (Å²) in [4.78, 5) is 41.1. The molecule has 0 radical (unpaired) electrons. The normalized spacial score (nSPS) is 19.2. The highest BCUT2D eigenvalue weighted by atomic mass is 35.5. The topological polar surface area (TPSA) is 138 Å². The number of hydrogen-bond acceptors (Lipinski definition) is 11. The van der Waals surface area contributed by atoms with Crippen molar-refractivity contribution in [3.8, 4) is 5.75 Å². The number of amides is 2. The molecular formula is C61H73ClN8O7S2. The fourth-order valence-corrected chi connectivity index (χ4v) is 14.3. The number of rotatable bonds is 13. The molecule has 0 saturated carbocycles. The highest BCUT2D eigenvalue weighted by Crippen LogP contribution is 2.30. The van der Waals surface area contributed by atoms with Gasteiger partial charge >= 0.3 is 0 Å². The highest BCUT2D eigenvalue weighted by molar-refractivity contribution is 7.89. The largest absolute Gasteiger partial charge is 0.497 e. The fourth-order valence-electron chi connectivity index (χ4n) is 11.1. The standard InChI is InChI=1S/C31H38N4O4S.C30H35ClN4O3S/c1-24-12-13-25(2)29(20-24)32-14-16-33(17-15-32)31(36)30-23-35(19-18-34(30)22-26-8-5-4-6-9-26)40(37,38)28-11-7-10-27(21-28)39-3;1-23-11-12-24(2)28(19-23)32-13-15-33(16-14-32)30(36)29-22-35(39(37,38)27-10-6-9-26(31)20-27)18-17-34(29)21-25-7-4-3-5-8-25/h4-13,20-21,30H,14-19,22-23H2,1-3H3;3-12,19-20,29H,13-18,21-22H2,1-2H3. The van der Waals surface area contributed by atoms with Crippen molar-refractivity contribution in [1.29, 1.82) is 0 Å². The van der Waals surface area contributed by atoms with Crippen LogP contribution in [-0.2, 0) is 42.7 Å². The molecule has 79 heavy (non-hydrogen) atoms. The van der Waals surface area contributed by atoms with Gasteiger partial charge in [-0.2, -0.15) is 8.61 Å². The first-order valence-corrected chi connectivity index (χ1v) is 30.4. The van der Waals surface area contributed by atoms with Crippen LogP contribution in [0.25, 0.3) is 0 Å². The molecular weight excluding hydrogens is 1060 g/mol. The Morgan fingerprint density at radius 3 is 1.32 bits per heavy atom. The van der Waals surface area contributed by atoms with E-state index in [1.807, 2.05) is 70.5 Å². The van der Waals surface area contributed by atoms with Crippen LogP contribution >= 0.6 is 11.6 Å². The number of carbonyl (C=O) groups excluding carboxylic acids is 2. The first-order chi connectivity index (χ1) is 38.0. The summed E-state index contributed by atoms with van der Waals surface area (Å²) < 4.78 is 62.5. The summed E-state index contributed by atoms with van der Waals surface area (Å²) in [5, 5.41) is 0.369. The molecule has 0 aromatic heterocycles. The van der Waals surface area contributed by atoms with Gasteiger partial charge in [0.05, 0.1) is 16.9 Å². The van der Waals surface area contributed by atoms with Gasteiger partial charge in [-0.15, -0.1) is 0 Å². The molecule has 4 aliphatic rings. The van der Waals surface area contributed by atoms with Gasteiger partial charge in [0.25, 0.3) is 0 Å². The zero-order valence-corrected chi connectivity index (χ0v) is 48.3. The molecule has 18 heteroatoms. The second-order valence-electron chi connectivity index (χ2n) is 21.0. The molecule has 0 spiro atoms. The lowest BCUT2D eigenvalue weighted by Gasteiger charge is -2.44. The monoisotopic (exact) mass is 1130 g/mol. The van der Waals surface area contributed by atoms with E-state index in [-0.39, 0.29) is 34.7 Å². The summed E-state index contributed by atoms with van der Waals surface area (Å²) in [7, 11) is -6.07. The maximum Gasteiger partial charge on any atom is 0.243 e. The minimum atomic E-state index is -3.79. The van der Waals surface area contributed by atoms with E-state index < -0.39 is 32.1 Å². The van der Waals surface area contributed by atoms with E-state index in [0.717, 1.165) is 37.3 Å². The van der Waals surface area contributed by atoms with E-state index in [0.29, 0.717) is 76.2 Å². The molecule has 15 nitrogen and oxygen atoms in total. The number of halogens is 1. The van der Waals surface area contributed by atoms with Crippen molar-refractivity contribution < 1.29 is 31.2 Å². The average Bonchev–Trinajstić information content (AvgIpc) is 3.57. The van der Waals surface area contributed by atoms with Gasteiger partial charge in [0.15, 0.2) is 0 Å². The minimum absolute atomic E-state index is 0.0120. The number of aryl methyl sites for hydroxylation is 4. The summed E-state index contributed by atoms with van der Waals surface area (Å²) in [5.41, 5.74) is 9.51. The van der Waals surface area contributed by atoms with Crippen LogP contribution in [0.5, 0.6) is 5.75 Å². The second-order valence-corrected chi connectivity index (χ2v) is 25.3.